The minimum Gasteiger partial charge on any atom is -0.237 e. The Bertz CT molecular complexity index is 777. The van der Waals surface area contributed by atoms with Gasteiger partial charge in [-0.2, -0.15) is 5.10 Å². The van der Waals surface area contributed by atoms with Crippen LogP contribution in [-0.4, -0.2) is 9.78 Å². The summed E-state index contributed by atoms with van der Waals surface area (Å²) in [5.41, 5.74) is 4.02. The fraction of sp³-hybridized carbons (Fsp3) is 0.200. The van der Waals surface area contributed by atoms with E-state index in [1.165, 1.54) is 6.07 Å². The molecule has 3 aromatic rings. The summed E-state index contributed by atoms with van der Waals surface area (Å²) >= 11 is 0. The van der Waals surface area contributed by atoms with Crippen LogP contribution in [0.1, 0.15) is 36.2 Å². The first-order valence-corrected chi connectivity index (χ1v) is 7.92. The zero-order chi connectivity index (χ0) is 16.2. The van der Waals surface area contributed by atoms with Gasteiger partial charge in [-0.15, -0.1) is 0 Å². The van der Waals surface area contributed by atoms with Gasteiger partial charge in [0.1, 0.15) is 5.82 Å². The van der Waals surface area contributed by atoms with Gasteiger partial charge in [0.25, 0.3) is 0 Å². The lowest BCUT2D eigenvalue weighted by Crippen LogP contribution is -2.09. The monoisotopic (exact) mass is 307 g/mol. The van der Waals surface area contributed by atoms with E-state index < -0.39 is 0 Å². The Morgan fingerprint density at radius 2 is 1.87 bits per heavy atom. The van der Waals surface area contributed by atoms with Gasteiger partial charge in [0.15, 0.2) is 0 Å². The smallest absolute Gasteiger partial charge is 0.123 e. The summed E-state index contributed by atoms with van der Waals surface area (Å²) in [6, 6.07) is 18.9. The topological polar surface area (TPSA) is 17.8 Å². The van der Waals surface area contributed by atoms with E-state index in [0.29, 0.717) is 6.42 Å². The van der Waals surface area contributed by atoms with E-state index in [-0.39, 0.29) is 11.7 Å². The maximum Gasteiger partial charge on any atom is 0.123 e. The molecule has 0 saturated heterocycles. The van der Waals surface area contributed by atoms with Crippen LogP contribution < -0.4 is 0 Å². The average Bonchev–Trinajstić information content (AvgIpc) is 3.01. The van der Waals surface area contributed by atoms with Crippen molar-refractivity contribution in [1.29, 1.82) is 0 Å². The second-order valence-electron chi connectivity index (χ2n) is 5.56. The van der Waals surface area contributed by atoms with Crippen LogP contribution in [0.5, 0.6) is 0 Å². The number of nitrogens with zero attached hydrogens (tertiary/aromatic N) is 2. The number of benzene rings is 2. The van der Waals surface area contributed by atoms with Crippen LogP contribution in [0.2, 0.25) is 0 Å². The summed E-state index contributed by atoms with van der Waals surface area (Å²) in [6.45, 7) is 6.16. The molecule has 0 fully saturated rings. The van der Waals surface area contributed by atoms with Crippen molar-refractivity contribution < 1.29 is 4.39 Å². The first kappa shape index (κ1) is 15.5. The third-order valence-electron chi connectivity index (χ3n) is 4.05. The Morgan fingerprint density at radius 3 is 2.52 bits per heavy atom. The Balaban J connectivity index is 2.12. The van der Waals surface area contributed by atoms with E-state index in [9.17, 15) is 4.39 Å². The molecule has 117 valence electrons. The van der Waals surface area contributed by atoms with Crippen LogP contribution >= 0.6 is 0 Å². The van der Waals surface area contributed by atoms with Crippen LogP contribution in [0.25, 0.3) is 5.69 Å². The normalized spacial score (nSPS) is 12.3. The summed E-state index contributed by atoms with van der Waals surface area (Å²) in [7, 11) is 0. The zero-order valence-corrected chi connectivity index (χ0v) is 13.2. The molecule has 3 heteroatoms. The molecule has 23 heavy (non-hydrogen) atoms. The second-order valence-corrected chi connectivity index (χ2v) is 5.56. The van der Waals surface area contributed by atoms with Crippen molar-refractivity contribution in [1.82, 2.24) is 9.78 Å². The first-order valence-electron chi connectivity index (χ1n) is 7.92. The minimum absolute atomic E-state index is 0.0127. The SMILES string of the molecule is [CH2]CC(c1cccc(F)c1)c1cc(CC)nn1-c1ccccc1. The average molecular weight is 307 g/mol. The summed E-state index contributed by atoms with van der Waals surface area (Å²) in [4.78, 5) is 0. The van der Waals surface area contributed by atoms with Crippen molar-refractivity contribution in [3.05, 3.63) is 90.4 Å². The molecule has 0 N–H and O–H groups in total. The van der Waals surface area contributed by atoms with Gasteiger partial charge in [0.05, 0.1) is 17.1 Å². The summed E-state index contributed by atoms with van der Waals surface area (Å²) in [5, 5.41) is 4.71. The second kappa shape index (κ2) is 6.78. The highest BCUT2D eigenvalue weighted by atomic mass is 19.1. The van der Waals surface area contributed by atoms with Gasteiger partial charge < -0.3 is 0 Å². The first-order chi connectivity index (χ1) is 11.2. The number of aromatic nitrogens is 2. The number of rotatable bonds is 5. The maximum absolute atomic E-state index is 13.6. The number of hydrogen-bond donors (Lipinski definition) is 0. The molecule has 0 aliphatic rings. The lowest BCUT2D eigenvalue weighted by molar-refractivity contribution is 0.621. The van der Waals surface area contributed by atoms with E-state index in [1.807, 2.05) is 41.1 Å². The third kappa shape index (κ3) is 3.19. The third-order valence-corrected chi connectivity index (χ3v) is 4.05. The van der Waals surface area contributed by atoms with Gasteiger partial charge in [-0.1, -0.05) is 44.2 Å². The predicted octanol–water partition coefficient (Wildman–Crippen LogP) is 4.93. The van der Waals surface area contributed by atoms with Crippen molar-refractivity contribution >= 4 is 0 Å². The van der Waals surface area contributed by atoms with Crippen LogP contribution in [0, 0.1) is 12.7 Å². The molecule has 2 aromatic carbocycles. The standard InChI is InChI=1S/C20H20FN2/c1-3-17-14-20(23(22-17)18-11-6-5-7-12-18)19(4-2)15-9-8-10-16(21)13-15/h5-14,19H,2-4H2,1H3. The molecule has 3 rings (SSSR count). The number of aryl methyl sites for hydroxylation is 1. The molecule has 1 heterocycles. The van der Waals surface area contributed by atoms with Crippen LogP contribution in [-0.2, 0) is 6.42 Å². The van der Waals surface area contributed by atoms with Crippen molar-refractivity contribution in [3.63, 3.8) is 0 Å². The maximum atomic E-state index is 13.6. The van der Waals surface area contributed by atoms with Gasteiger partial charge in [-0.25, -0.2) is 9.07 Å². The Hall–Kier alpha value is -2.42. The van der Waals surface area contributed by atoms with Gasteiger partial charge in [-0.05, 0) is 48.7 Å². The Kier molecular flexibility index (Phi) is 4.56. The highest BCUT2D eigenvalue weighted by Crippen LogP contribution is 2.30. The molecular formula is C20H20FN2. The quantitative estimate of drug-likeness (QED) is 0.653. The van der Waals surface area contributed by atoms with Crippen molar-refractivity contribution in [3.8, 4) is 5.69 Å². The summed E-state index contributed by atoms with van der Waals surface area (Å²) < 4.78 is 15.6. The fourth-order valence-electron chi connectivity index (χ4n) is 2.85. The molecule has 0 spiro atoms. The van der Waals surface area contributed by atoms with Crippen molar-refractivity contribution in [2.45, 2.75) is 25.7 Å². The minimum atomic E-state index is -0.220. The largest absolute Gasteiger partial charge is 0.237 e. The Labute approximate surface area is 136 Å². The molecule has 2 nitrogen and oxygen atoms in total. The lowest BCUT2D eigenvalue weighted by atomic mass is 9.92. The predicted molar refractivity (Wildman–Crippen MR) is 91.2 cm³/mol. The van der Waals surface area contributed by atoms with Crippen molar-refractivity contribution in [2.24, 2.45) is 0 Å². The van der Waals surface area contributed by atoms with Crippen LogP contribution in [0.15, 0.2) is 60.7 Å². The lowest BCUT2D eigenvalue weighted by Gasteiger charge is -2.17. The molecular weight excluding hydrogens is 287 g/mol. The van der Waals surface area contributed by atoms with Gasteiger partial charge in [0.2, 0.25) is 0 Å². The molecule has 1 radical (unpaired) electrons. The molecule has 1 unspecified atom stereocenters. The van der Waals surface area contributed by atoms with Crippen LogP contribution in [0.4, 0.5) is 4.39 Å². The van der Waals surface area contributed by atoms with Gasteiger partial charge in [-0.3, -0.25) is 0 Å². The van der Waals surface area contributed by atoms with Crippen molar-refractivity contribution in [2.75, 3.05) is 0 Å². The Morgan fingerprint density at radius 1 is 1.09 bits per heavy atom. The molecule has 0 aliphatic heterocycles. The van der Waals surface area contributed by atoms with E-state index in [4.69, 9.17) is 5.10 Å². The molecule has 0 aliphatic carbocycles. The van der Waals surface area contributed by atoms with E-state index >= 15 is 0 Å². The number of hydrogen-bond acceptors (Lipinski definition) is 1. The number of halogens is 1. The van der Waals surface area contributed by atoms with E-state index in [0.717, 1.165) is 29.1 Å². The van der Waals surface area contributed by atoms with Gasteiger partial charge in [0, 0.05) is 5.92 Å². The van der Waals surface area contributed by atoms with E-state index in [2.05, 4.69) is 19.9 Å². The van der Waals surface area contributed by atoms with Crippen LogP contribution in [0.3, 0.4) is 0 Å². The molecule has 0 saturated carbocycles. The highest BCUT2D eigenvalue weighted by Gasteiger charge is 2.19. The zero-order valence-electron chi connectivity index (χ0n) is 13.2. The molecule has 0 amide bonds. The summed E-state index contributed by atoms with van der Waals surface area (Å²) in [5.74, 6) is -0.207. The molecule has 0 bridgehead atoms. The molecule has 1 aromatic heterocycles. The number of para-hydroxylation sites is 1. The van der Waals surface area contributed by atoms with E-state index in [1.54, 1.807) is 12.1 Å². The summed E-state index contributed by atoms with van der Waals surface area (Å²) in [6.07, 6.45) is 1.50. The van der Waals surface area contributed by atoms with Gasteiger partial charge >= 0.3 is 0 Å². The highest BCUT2D eigenvalue weighted by molar-refractivity contribution is 5.38. The fourth-order valence-corrected chi connectivity index (χ4v) is 2.85. The molecule has 1 atom stereocenters.